The quantitative estimate of drug-likeness (QED) is 0.727. The van der Waals surface area contributed by atoms with Crippen LogP contribution in [0.2, 0.25) is 0 Å². The van der Waals surface area contributed by atoms with Crippen LogP contribution in [0.25, 0.3) is 0 Å². The highest BCUT2D eigenvalue weighted by Crippen LogP contribution is 2.35. The Kier molecular flexibility index (Phi) is 6.15. The minimum Gasteiger partial charge on any atom is -0.355 e. The summed E-state index contributed by atoms with van der Waals surface area (Å²) in [4.78, 5) is 23.9. The second kappa shape index (κ2) is 8.53. The molecule has 0 spiro atoms. The molecule has 3 N–H and O–H groups in total. The first-order valence-electron chi connectivity index (χ1n) is 8.71. The first kappa shape index (κ1) is 17.3. The minimum absolute atomic E-state index is 0.00154. The zero-order chi connectivity index (χ0) is 16.8. The van der Waals surface area contributed by atoms with Gasteiger partial charge in [0.05, 0.1) is 6.04 Å². The van der Waals surface area contributed by atoms with E-state index in [1.54, 1.807) is 0 Å². The molecule has 1 saturated heterocycles. The number of thioether (sulfide) groups is 1. The maximum absolute atomic E-state index is 12.0. The summed E-state index contributed by atoms with van der Waals surface area (Å²) < 4.78 is 0. The van der Waals surface area contributed by atoms with E-state index in [1.165, 1.54) is 11.1 Å². The zero-order valence-corrected chi connectivity index (χ0v) is 14.7. The molecule has 0 bridgehead atoms. The molecule has 1 fully saturated rings. The Balaban J connectivity index is 1.38. The van der Waals surface area contributed by atoms with Crippen molar-refractivity contribution in [1.82, 2.24) is 16.0 Å². The first-order valence-corrected chi connectivity index (χ1v) is 9.76. The van der Waals surface area contributed by atoms with Crippen molar-refractivity contribution in [3.8, 4) is 0 Å². The van der Waals surface area contributed by atoms with Crippen LogP contribution in [0.15, 0.2) is 24.3 Å². The highest BCUT2D eigenvalue weighted by molar-refractivity contribution is 7.99. The molecule has 1 aromatic carbocycles. The highest BCUT2D eigenvalue weighted by Gasteiger charge is 2.22. The molecule has 2 aliphatic heterocycles. The Morgan fingerprint density at radius 2 is 2.12 bits per heavy atom. The van der Waals surface area contributed by atoms with E-state index in [0.29, 0.717) is 24.8 Å². The Labute approximate surface area is 147 Å². The van der Waals surface area contributed by atoms with Crippen molar-refractivity contribution in [2.24, 2.45) is 0 Å². The van der Waals surface area contributed by atoms with Crippen molar-refractivity contribution in [2.45, 2.75) is 37.0 Å². The summed E-state index contributed by atoms with van der Waals surface area (Å²) in [6.45, 7) is 1.95. The standard InChI is InChI=1S/C18H25N3O2S/c22-17(7-10-20-18(23)15-6-3-9-19-15)21-12-16-14-5-2-1-4-13(14)8-11-24-16/h1-2,4-5,15-16,19H,3,6-12H2,(H,20,23)(H,21,22). The Morgan fingerprint density at radius 3 is 2.96 bits per heavy atom. The highest BCUT2D eigenvalue weighted by atomic mass is 32.2. The number of carbonyl (C=O) groups excluding carboxylic acids is 2. The van der Waals surface area contributed by atoms with Crippen molar-refractivity contribution in [1.29, 1.82) is 0 Å². The fourth-order valence-corrected chi connectivity index (χ4v) is 4.50. The van der Waals surface area contributed by atoms with Crippen LogP contribution in [0.3, 0.4) is 0 Å². The maximum Gasteiger partial charge on any atom is 0.237 e. The van der Waals surface area contributed by atoms with E-state index < -0.39 is 0 Å². The molecule has 2 amide bonds. The summed E-state index contributed by atoms with van der Waals surface area (Å²) in [6.07, 6.45) is 3.36. The fourth-order valence-electron chi connectivity index (χ4n) is 3.27. The average molecular weight is 347 g/mol. The molecule has 0 saturated carbocycles. The number of rotatable bonds is 6. The number of nitrogens with one attached hydrogen (secondary N) is 3. The normalized spacial score (nSPS) is 22.7. The predicted molar refractivity (Wildman–Crippen MR) is 97.0 cm³/mol. The molecule has 24 heavy (non-hydrogen) atoms. The SMILES string of the molecule is O=C(CCNC(=O)C1CCCN1)NCC1SCCc2ccccc21. The van der Waals surface area contributed by atoms with Crippen LogP contribution < -0.4 is 16.0 Å². The average Bonchev–Trinajstić information content (AvgIpc) is 3.14. The van der Waals surface area contributed by atoms with Crippen LogP contribution in [0.1, 0.15) is 35.6 Å². The van der Waals surface area contributed by atoms with Crippen LogP contribution in [-0.2, 0) is 16.0 Å². The Bertz CT molecular complexity index is 587. The number of carbonyl (C=O) groups is 2. The lowest BCUT2D eigenvalue weighted by molar-refractivity contribution is -0.123. The van der Waals surface area contributed by atoms with Gasteiger partial charge in [-0.25, -0.2) is 0 Å². The molecule has 0 radical (unpaired) electrons. The first-order chi connectivity index (χ1) is 11.7. The van der Waals surface area contributed by atoms with E-state index in [0.717, 1.165) is 31.6 Å². The summed E-state index contributed by atoms with van der Waals surface area (Å²) in [5.41, 5.74) is 2.74. The van der Waals surface area contributed by atoms with Crippen molar-refractivity contribution >= 4 is 23.6 Å². The van der Waals surface area contributed by atoms with Crippen LogP contribution in [0, 0.1) is 0 Å². The van der Waals surface area contributed by atoms with Crippen LogP contribution in [0.5, 0.6) is 0 Å². The van der Waals surface area contributed by atoms with E-state index >= 15 is 0 Å². The van der Waals surface area contributed by atoms with Gasteiger partial charge in [0.2, 0.25) is 11.8 Å². The largest absolute Gasteiger partial charge is 0.355 e. The van der Waals surface area contributed by atoms with Gasteiger partial charge in [-0.1, -0.05) is 24.3 Å². The molecule has 5 nitrogen and oxygen atoms in total. The van der Waals surface area contributed by atoms with Crippen molar-refractivity contribution in [2.75, 3.05) is 25.4 Å². The lowest BCUT2D eigenvalue weighted by atomic mass is 10.0. The minimum atomic E-state index is -0.0804. The molecule has 2 unspecified atom stereocenters. The monoisotopic (exact) mass is 347 g/mol. The number of hydrogen-bond acceptors (Lipinski definition) is 4. The Morgan fingerprint density at radius 1 is 1.25 bits per heavy atom. The lowest BCUT2D eigenvalue weighted by Crippen LogP contribution is -2.41. The van der Waals surface area contributed by atoms with Gasteiger partial charge in [0.1, 0.15) is 0 Å². The van der Waals surface area contributed by atoms with Crippen LogP contribution in [0.4, 0.5) is 0 Å². The van der Waals surface area contributed by atoms with Crippen molar-refractivity contribution in [3.63, 3.8) is 0 Å². The molecular weight excluding hydrogens is 322 g/mol. The fraction of sp³-hybridized carbons (Fsp3) is 0.556. The Hall–Kier alpha value is -1.53. The van der Waals surface area contributed by atoms with Gasteiger partial charge in [0.25, 0.3) is 0 Å². The molecule has 3 rings (SSSR count). The number of amides is 2. The molecule has 1 aromatic rings. The van der Waals surface area contributed by atoms with Gasteiger partial charge >= 0.3 is 0 Å². The summed E-state index contributed by atoms with van der Waals surface area (Å²) in [6, 6.07) is 8.39. The lowest BCUT2D eigenvalue weighted by Gasteiger charge is -2.25. The third-order valence-corrected chi connectivity index (χ3v) is 5.87. The third-order valence-electron chi connectivity index (χ3n) is 4.61. The maximum atomic E-state index is 12.0. The van der Waals surface area contributed by atoms with Gasteiger partial charge in [-0.05, 0) is 42.7 Å². The molecule has 2 aliphatic rings. The molecule has 2 heterocycles. The van der Waals surface area contributed by atoms with Gasteiger partial charge in [-0.15, -0.1) is 0 Å². The molecule has 0 aromatic heterocycles. The van der Waals surface area contributed by atoms with Crippen molar-refractivity contribution in [3.05, 3.63) is 35.4 Å². The van der Waals surface area contributed by atoms with Gasteiger partial charge in [0, 0.05) is 24.8 Å². The van der Waals surface area contributed by atoms with Gasteiger partial charge in [-0.3, -0.25) is 9.59 Å². The molecule has 130 valence electrons. The second-order valence-electron chi connectivity index (χ2n) is 6.30. The predicted octanol–water partition coefficient (Wildman–Crippen LogP) is 1.39. The third kappa shape index (κ3) is 4.51. The smallest absolute Gasteiger partial charge is 0.237 e. The molecular formula is C18H25N3O2S. The molecule has 2 atom stereocenters. The second-order valence-corrected chi connectivity index (χ2v) is 7.61. The van der Waals surface area contributed by atoms with E-state index in [-0.39, 0.29) is 17.9 Å². The number of aryl methyl sites for hydroxylation is 1. The summed E-state index contributed by atoms with van der Waals surface area (Å²) in [5, 5.41) is 9.34. The van der Waals surface area contributed by atoms with Gasteiger partial charge in [0.15, 0.2) is 0 Å². The van der Waals surface area contributed by atoms with Crippen LogP contribution in [-0.4, -0.2) is 43.2 Å². The van der Waals surface area contributed by atoms with E-state index in [9.17, 15) is 9.59 Å². The number of benzene rings is 1. The molecule has 0 aliphatic carbocycles. The van der Waals surface area contributed by atoms with Gasteiger partial charge in [-0.2, -0.15) is 11.8 Å². The molecule has 6 heteroatoms. The summed E-state index contributed by atoms with van der Waals surface area (Å²) >= 11 is 1.90. The van der Waals surface area contributed by atoms with E-state index in [2.05, 4.69) is 40.2 Å². The topological polar surface area (TPSA) is 70.2 Å². The van der Waals surface area contributed by atoms with Crippen LogP contribution >= 0.6 is 11.8 Å². The number of hydrogen-bond donors (Lipinski definition) is 3. The number of fused-ring (bicyclic) bond motifs is 1. The zero-order valence-electron chi connectivity index (χ0n) is 13.8. The van der Waals surface area contributed by atoms with E-state index in [1.807, 2.05) is 11.8 Å². The summed E-state index contributed by atoms with van der Waals surface area (Å²) in [7, 11) is 0. The van der Waals surface area contributed by atoms with Gasteiger partial charge < -0.3 is 16.0 Å². The van der Waals surface area contributed by atoms with Crippen molar-refractivity contribution < 1.29 is 9.59 Å². The van der Waals surface area contributed by atoms with E-state index in [4.69, 9.17) is 0 Å². The summed E-state index contributed by atoms with van der Waals surface area (Å²) in [5.74, 6) is 1.11.